The third-order valence-corrected chi connectivity index (χ3v) is 9.49. The molecule has 8 nitrogen and oxygen atoms in total. The molecule has 0 saturated carbocycles. The molecule has 1 atom stereocenters. The van der Waals surface area contributed by atoms with Gasteiger partial charge in [0, 0.05) is 35.0 Å². The maximum Gasteiger partial charge on any atom is 0.317 e. The highest BCUT2D eigenvalue weighted by Gasteiger charge is 2.45. The first-order chi connectivity index (χ1) is 20.0. The summed E-state index contributed by atoms with van der Waals surface area (Å²) in [5.74, 6) is -0.380. The normalized spacial score (nSPS) is 21.3. The fraction of sp³-hybridized carbons (Fsp3) is 0.387. The lowest BCUT2D eigenvalue weighted by Crippen LogP contribution is -2.43. The van der Waals surface area contributed by atoms with E-state index in [0.29, 0.717) is 58.7 Å². The van der Waals surface area contributed by atoms with E-state index in [1.807, 2.05) is 6.07 Å². The molecule has 0 aliphatic carbocycles. The molecular formula is C31H29ClFN5O3. The molecule has 0 radical (unpaired) electrons. The first-order valence-electron chi connectivity index (χ1n) is 14.3. The number of fused-ring (bicyclic) bond motifs is 4. The molecular weight excluding hydrogens is 545 g/mol. The third-order valence-electron chi connectivity index (χ3n) is 9.17. The summed E-state index contributed by atoms with van der Waals surface area (Å²) in [6.07, 6.45) is 6.55. The lowest BCUT2D eigenvalue weighted by Gasteiger charge is -2.31. The van der Waals surface area contributed by atoms with Gasteiger partial charge in [-0.1, -0.05) is 29.8 Å². The van der Waals surface area contributed by atoms with Crippen LogP contribution >= 0.6 is 11.6 Å². The number of hydrogen-bond donors (Lipinski definition) is 2. The summed E-state index contributed by atoms with van der Waals surface area (Å²) in [5, 5.41) is 16.0. The molecule has 0 amide bonds. The van der Waals surface area contributed by atoms with Crippen LogP contribution in [0, 0.1) is 11.7 Å². The van der Waals surface area contributed by atoms with Crippen LogP contribution in [0.1, 0.15) is 31.4 Å². The smallest absolute Gasteiger partial charge is 0.317 e. The van der Waals surface area contributed by atoms with Crippen molar-refractivity contribution in [2.75, 3.05) is 39.4 Å². The Bertz CT molecular complexity index is 1750. The van der Waals surface area contributed by atoms with Crippen molar-refractivity contribution >= 4 is 38.8 Å². The van der Waals surface area contributed by atoms with Crippen LogP contribution in [-0.2, 0) is 0 Å². The van der Waals surface area contributed by atoms with E-state index in [1.165, 1.54) is 6.07 Å². The fourth-order valence-corrected chi connectivity index (χ4v) is 7.51. The maximum absolute atomic E-state index is 16.7. The SMILES string of the molecule is Oc1cc(-c2nc3c4c(nc(OCC56CCCN5CCC6)nc4c2F)C2=CCNCC2CO3)c2c(Cl)cccc2c1. The molecule has 2 fully saturated rings. The average Bonchev–Trinajstić information content (AvgIpc) is 3.51. The van der Waals surface area contributed by atoms with Crippen LogP contribution in [0.2, 0.25) is 5.02 Å². The Kier molecular flexibility index (Phi) is 5.84. The van der Waals surface area contributed by atoms with Crippen molar-refractivity contribution in [3.63, 3.8) is 0 Å². The van der Waals surface area contributed by atoms with Crippen molar-refractivity contribution in [1.29, 1.82) is 0 Å². The van der Waals surface area contributed by atoms with Crippen molar-refractivity contribution < 1.29 is 19.0 Å². The second kappa shape index (κ2) is 9.51. The highest BCUT2D eigenvalue weighted by atomic mass is 35.5. The van der Waals surface area contributed by atoms with Gasteiger partial charge in [0.15, 0.2) is 5.82 Å². The van der Waals surface area contributed by atoms with E-state index in [4.69, 9.17) is 31.0 Å². The zero-order chi connectivity index (χ0) is 27.7. The number of ether oxygens (including phenoxy) is 2. The van der Waals surface area contributed by atoms with Crippen molar-refractivity contribution in [3.05, 3.63) is 52.9 Å². The zero-order valence-corrected chi connectivity index (χ0v) is 23.2. The molecule has 6 heterocycles. The van der Waals surface area contributed by atoms with Gasteiger partial charge in [0.25, 0.3) is 0 Å². The molecule has 0 spiro atoms. The minimum atomic E-state index is -0.637. The van der Waals surface area contributed by atoms with Crippen molar-refractivity contribution in [2.45, 2.75) is 31.2 Å². The molecule has 4 aliphatic rings. The number of nitrogens with zero attached hydrogens (tertiary/aromatic N) is 4. The topological polar surface area (TPSA) is 92.6 Å². The third kappa shape index (κ3) is 3.97. The lowest BCUT2D eigenvalue weighted by atomic mass is 9.92. The Labute approximate surface area is 241 Å². The molecule has 0 bridgehead atoms. The number of rotatable bonds is 4. The van der Waals surface area contributed by atoms with Crippen molar-refractivity contribution in [1.82, 2.24) is 25.2 Å². The van der Waals surface area contributed by atoms with Gasteiger partial charge in [-0.3, -0.25) is 4.90 Å². The van der Waals surface area contributed by atoms with Crippen LogP contribution in [0.5, 0.6) is 17.6 Å². The van der Waals surface area contributed by atoms with E-state index < -0.39 is 5.82 Å². The summed E-state index contributed by atoms with van der Waals surface area (Å²) in [6.45, 7) is 4.39. The van der Waals surface area contributed by atoms with Gasteiger partial charge in [0.1, 0.15) is 23.6 Å². The van der Waals surface area contributed by atoms with Crippen molar-refractivity contribution in [2.24, 2.45) is 5.92 Å². The molecule has 4 aromatic rings. The summed E-state index contributed by atoms with van der Waals surface area (Å²) >= 11 is 6.60. The Morgan fingerprint density at radius 2 is 1.98 bits per heavy atom. The minimum Gasteiger partial charge on any atom is -0.508 e. The highest BCUT2D eigenvalue weighted by molar-refractivity contribution is 6.36. The van der Waals surface area contributed by atoms with Crippen LogP contribution in [0.25, 0.3) is 38.5 Å². The number of aromatic nitrogens is 3. The first kappa shape index (κ1) is 25.2. The molecule has 2 saturated heterocycles. The van der Waals surface area contributed by atoms with Gasteiger partial charge in [0.2, 0.25) is 5.88 Å². The number of aromatic hydroxyl groups is 1. The Morgan fingerprint density at radius 1 is 1.12 bits per heavy atom. The van der Waals surface area contributed by atoms with Crippen molar-refractivity contribution in [3.8, 4) is 28.9 Å². The van der Waals surface area contributed by atoms with E-state index in [-0.39, 0.29) is 40.3 Å². The summed E-state index contributed by atoms with van der Waals surface area (Å²) in [7, 11) is 0. The van der Waals surface area contributed by atoms with Crippen LogP contribution < -0.4 is 14.8 Å². The van der Waals surface area contributed by atoms with E-state index in [9.17, 15) is 5.11 Å². The van der Waals surface area contributed by atoms with E-state index in [0.717, 1.165) is 44.3 Å². The quantitative estimate of drug-likeness (QED) is 0.338. The average molecular weight is 574 g/mol. The van der Waals surface area contributed by atoms with Crippen LogP contribution in [0.3, 0.4) is 0 Å². The molecule has 2 N–H and O–H groups in total. The summed E-state index contributed by atoms with van der Waals surface area (Å²) in [5.41, 5.74) is 2.04. The number of pyridine rings is 1. The first-order valence-corrected chi connectivity index (χ1v) is 14.6. The summed E-state index contributed by atoms with van der Waals surface area (Å²) < 4.78 is 29.3. The van der Waals surface area contributed by atoms with Gasteiger partial charge in [-0.05, 0) is 67.9 Å². The fourth-order valence-electron chi connectivity index (χ4n) is 7.22. The number of hydrogen-bond acceptors (Lipinski definition) is 8. The van der Waals surface area contributed by atoms with Gasteiger partial charge in [-0.2, -0.15) is 9.97 Å². The standard InChI is InChI=1S/C31H29ClFN5O3/c32-22-5-1-4-17-12-19(39)13-21(23(17)22)27-25(33)28-24-26(20-6-9-34-14-18(20)15-40-29(24)35-27)36-30(37-28)41-16-31-7-2-10-38(31)11-3-8-31/h1,4-6,12-13,18,34,39H,2-3,7-11,14-16H2. The molecule has 41 heavy (non-hydrogen) atoms. The maximum atomic E-state index is 16.7. The van der Waals surface area contributed by atoms with E-state index in [2.05, 4.69) is 21.3 Å². The van der Waals surface area contributed by atoms with Crippen LogP contribution in [0.15, 0.2) is 36.4 Å². The Morgan fingerprint density at radius 3 is 2.83 bits per heavy atom. The predicted octanol–water partition coefficient (Wildman–Crippen LogP) is 5.35. The molecule has 8 rings (SSSR count). The number of phenolic OH excluding ortho intramolecular Hbond substituents is 1. The van der Waals surface area contributed by atoms with Gasteiger partial charge in [0.05, 0.1) is 23.2 Å². The predicted molar refractivity (Wildman–Crippen MR) is 155 cm³/mol. The number of phenols is 1. The van der Waals surface area contributed by atoms with E-state index in [1.54, 1.807) is 18.2 Å². The van der Waals surface area contributed by atoms with Gasteiger partial charge >= 0.3 is 6.01 Å². The minimum absolute atomic E-state index is 0.00352. The molecule has 2 aromatic heterocycles. The second-order valence-corrected chi connectivity index (χ2v) is 11.9. The molecule has 10 heteroatoms. The number of halogens is 2. The van der Waals surface area contributed by atoms with Crippen LogP contribution in [-0.4, -0.2) is 69.9 Å². The molecule has 1 unspecified atom stereocenters. The summed E-state index contributed by atoms with van der Waals surface area (Å²) in [4.78, 5) is 16.7. The Balaban J connectivity index is 1.34. The number of nitrogens with one attached hydrogen (secondary N) is 1. The van der Waals surface area contributed by atoms with Gasteiger partial charge < -0.3 is 19.9 Å². The molecule has 2 aromatic carbocycles. The largest absolute Gasteiger partial charge is 0.508 e. The second-order valence-electron chi connectivity index (χ2n) is 11.5. The van der Waals surface area contributed by atoms with Crippen LogP contribution in [0.4, 0.5) is 4.39 Å². The monoisotopic (exact) mass is 573 g/mol. The lowest BCUT2D eigenvalue weighted by molar-refractivity contribution is 0.107. The molecule has 210 valence electrons. The van der Waals surface area contributed by atoms with E-state index >= 15 is 4.39 Å². The highest BCUT2D eigenvalue weighted by Crippen LogP contribution is 2.44. The molecule has 4 aliphatic heterocycles. The number of benzene rings is 2. The zero-order valence-electron chi connectivity index (χ0n) is 22.4. The summed E-state index contributed by atoms with van der Waals surface area (Å²) in [6, 6.07) is 8.58. The van der Waals surface area contributed by atoms with Gasteiger partial charge in [-0.15, -0.1) is 0 Å². The van der Waals surface area contributed by atoms with Gasteiger partial charge in [-0.25, -0.2) is 9.37 Å². The Hall–Kier alpha value is -3.53.